The molecular weight excluding hydrogens is 274 g/mol. The molecule has 0 bridgehead atoms. The lowest BCUT2D eigenvalue weighted by Crippen LogP contribution is -2.27. The molecule has 0 atom stereocenters. The summed E-state index contributed by atoms with van der Waals surface area (Å²) >= 11 is 0. The fourth-order valence-corrected chi connectivity index (χ4v) is 2.48. The Bertz CT molecular complexity index is 533. The normalized spacial score (nSPS) is 11.6. The van der Waals surface area contributed by atoms with Crippen molar-refractivity contribution >= 4 is 15.7 Å². The van der Waals surface area contributed by atoms with Crippen LogP contribution in [-0.2, 0) is 10.0 Å². The van der Waals surface area contributed by atoms with E-state index in [1.54, 1.807) is 0 Å². The summed E-state index contributed by atoms with van der Waals surface area (Å²) in [5, 5.41) is 2.91. The standard InChI is InChI=1S/C12H18F2N2O2S/c1-3-6-15-7-8-19(17,18)16-12-10(13)5-4-9(2)11(12)14/h4-5,15-16H,3,6-8H2,1-2H3. The van der Waals surface area contributed by atoms with Crippen LogP contribution in [0.4, 0.5) is 14.5 Å². The molecule has 1 aromatic rings. The Hall–Kier alpha value is -1.21. The molecule has 0 aliphatic rings. The minimum atomic E-state index is -3.77. The van der Waals surface area contributed by atoms with Crippen LogP contribution in [0.2, 0.25) is 0 Å². The summed E-state index contributed by atoms with van der Waals surface area (Å²) in [6.07, 6.45) is 0.884. The molecule has 1 aromatic carbocycles. The summed E-state index contributed by atoms with van der Waals surface area (Å²) in [7, 11) is -3.77. The van der Waals surface area contributed by atoms with E-state index >= 15 is 0 Å². The van der Waals surface area contributed by atoms with Gasteiger partial charge in [-0.25, -0.2) is 17.2 Å². The minimum absolute atomic E-state index is 0.184. The van der Waals surface area contributed by atoms with Crippen molar-refractivity contribution in [3.8, 4) is 0 Å². The van der Waals surface area contributed by atoms with Crippen LogP contribution >= 0.6 is 0 Å². The molecule has 0 radical (unpaired) electrons. The predicted octanol–water partition coefficient (Wildman–Crippen LogP) is 2.01. The van der Waals surface area contributed by atoms with E-state index in [2.05, 4.69) is 5.32 Å². The second-order valence-electron chi connectivity index (χ2n) is 4.22. The van der Waals surface area contributed by atoms with E-state index in [0.717, 1.165) is 12.5 Å². The molecule has 0 heterocycles. The van der Waals surface area contributed by atoms with Gasteiger partial charge in [0, 0.05) is 6.54 Å². The van der Waals surface area contributed by atoms with Crippen LogP contribution in [0.25, 0.3) is 0 Å². The van der Waals surface area contributed by atoms with E-state index in [0.29, 0.717) is 6.54 Å². The summed E-state index contributed by atoms with van der Waals surface area (Å²) < 4.78 is 52.4. The highest BCUT2D eigenvalue weighted by Crippen LogP contribution is 2.22. The molecule has 4 nitrogen and oxygen atoms in total. The molecule has 0 spiro atoms. The highest BCUT2D eigenvalue weighted by atomic mass is 32.2. The van der Waals surface area contributed by atoms with E-state index < -0.39 is 27.3 Å². The highest BCUT2D eigenvalue weighted by Gasteiger charge is 2.17. The summed E-state index contributed by atoms with van der Waals surface area (Å²) in [4.78, 5) is 0. The van der Waals surface area contributed by atoms with Crippen LogP contribution in [-0.4, -0.2) is 27.3 Å². The maximum absolute atomic E-state index is 13.7. The lowest BCUT2D eigenvalue weighted by Gasteiger charge is -2.11. The number of hydrogen-bond acceptors (Lipinski definition) is 3. The fraction of sp³-hybridized carbons (Fsp3) is 0.500. The van der Waals surface area contributed by atoms with Crippen molar-refractivity contribution < 1.29 is 17.2 Å². The van der Waals surface area contributed by atoms with Crippen molar-refractivity contribution in [1.82, 2.24) is 5.32 Å². The van der Waals surface area contributed by atoms with Crippen LogP contribution in [0.1, 0.15) is 18.9 Å². The first-order valence-corrected chi connectivity index (χ1v) is 7.68. The van der Waals surface area contributed by atoms with Gasteiger partial charge in [0.1, 0.15) is 11.5 Å². The Morgan fingerprint density at radius 2 is 1.89 bits per heavy atom. The van der Waals surface area contributed by atoms with E-state index in [1.165, 1.54) is 13.0 Å². The topological polar surface area (TPSA) is 58.2 Å². The highest BCUT2D eigenvalue weighted by molar-refractivity contribution is 7.92. The van der Waals surface area contributed by atoms with E-state index in [-0.39, 0.29) is 17.9 Å². The van der Waals surface area contributed by atoms with Crippen molar-refractivity contribution in [3.63, 3.8) is 0 Å². The fourth-order valence-electron chi connectivity index (χ4n) is 1.47. The molecule has 1 rings (SSSR count). The maximum atomic E-state index is 13.7. The van der Waals surface area contributed by atoms with Gasteiger partial charge in [0.05, 0.1) is 5.75 Å². The first-order chi connectivity index (χ1) is 8.87. The number of rotatable bonds is 7. The first-order valence-electron chi connectivity index (χ1n) is 6.03. The Labute approximate surface area is 112 Å². The van der Waals surface area contributed by atoms with Crippen LogP contribution in [0.5, 0.6) is 0 Å². The van der Waals surface area contributed by atoms with Gasteiger partial charge in [0.15, 0.2) is 5.82 Å². The van der Waals surface area contributed by atoms with Gasteiger partial charge in [-0.15, -0.1) is 0 Å². The van der Waals surface area contributed by atoms with Crippen molar-refractivity contribution in [3.05, 3.63) is 29.3 Å². The quantitative estimate of drug-likeness (QED) is 0.756. The Kier molecular flexibility index (Phi) is 5.68. The molecule has 19 heavy (non-hydrogen) atoms. The van der Waals surface area contributed by atoms with Crippen molar-refractivity contribution in [2.24, 2.45) is 0 Å². The molecule has 7 heteroatoms. The number of halogens is 2. The predicted molar refractivity (Wildman–Crippen MR) is 71.7 cm³/mol. The molecule has 0 saturated heterocycles. The lowest BCUT2D eigenvalue weighted by atomic mass is 10.2. The number of aryl methyl sites for hydroxylation is 1. The largest absolute Gasteiger partial charge is 0.316 e. The van der Waals surface area contributed by atoms with Gasteiger partial charge in [-0.2, -0.15) is 0 Å². The third kappa shape index (κ3) is 4.76. The number of nitrogens with one attached hydrogen (secondary N) is 2. The minimum Gasteiger partial charge on any atom is -0.316 e. The summed E-state index contributed by atoms with van der Waals surface area (Å²) in [6, 6.07) is 2.29. The van der Waals surface area contributed by atoms with Gasteiger partial charge in [-0.1, -0.05) is 13.0 Å². The van der Waals surface area contributed by atoms with E-state index in [9.17, 15) is 17.2 Å². The van der Waals surface area contributed by atoms with Gasteiger partial charge in [-0.05, 0) is 31.5 Å². The van der Waals surface area contributed by atoms with Crippen LogP contribution in [0.15, 0.2) is 12.1 Å². The second-order valence-corrected chi connectivity index (χ2v) is 6.07. The van der Waals surface area contributed by atoms with Crippen molar-refractivity contribution in [2.75, 3.05) is 23.6 Å². The Morgan fingerprint density at radius 3 is 2.53 bits per heavy atom. The molecular formula is C12H18F2N2O2S. The lowest BCUT2D eigenvalue weighted by molar-refractivity contribution is 0.577. The van der Waals surface area contributed by atoms with Crippen LogP contribution < -0.4 is 10.0 Å². The number of hydrogen-bond donors (Lipinski definition) is 2. The zero-order valence-corrected chi connectivity index (χ0v) is 11.8. The summed E-state index contributed by atoms with van der Waals surface area (Å²) in [5.74, 6) is -2.04. The Balaban J connectivity index is 2.76. The average Bonchev–Trinajstić information content (AvgIpc) is 2.35. The van der Waals surface area contributed by atoms with E-state index in [4.69, 9.17) is 0 Å². The van der Waals surface area contributed by atoms with Crippen molar-refractivity contribution in [2.45, 2.75) is 20.3 Å². The van der Waals surface area contributed by atoms with Gasteiger partial charge in [0.25, 0.3) is 0 Å². The maximum Gasteiger partial charge on any atom is 0.234 e. The Morgan fingerprint density at radius 1 is 1.21 bits per heavy atom. The van der Waals surface area contributed by atoms with Crippen LogP contribution in [0, 0.1) is 18.6 Å². The first kappa shape index (κ1) is 15.8. The molecule has 2 N–H and O–H groups in total. The second kappa shape index (κ2) is 6.81. The van der Waals surface area contributed by atoms with Gasteiger partial charge >= 0.3 is 0 Å². The van der Waals surface area contributed by atoms with Crippen LogP contribution in [0.3, 0.4) is 0 Å². The molecule has 0 saturated carbocycles. The monoisotopic (exact) mass is 292 g/mol. The van der Waals surface area contributed by atoms with Crippen molar-refractivity contribution in [1.29, 1.82) is 0 Å². The molecule has 0 amide bonds. The number of sulfonamides is 1. The third-order valence-electron chi connectivity index (χ3n) is 2.52. The smallest absolute Gasteiger partial charge is 0.234 e. The molecule has 0 aliphatic heterocycles. The zero-order valence-electron chi connectivity index (χ0n) is 11.0. The van der Waals surface area contributed by atoms with Gasteiger partial charge < -0.3 is 5.32 Å². The molecule has 0 unspecified atom stereocenters. The van der Waals surface area contributed by atoms with Gasteiger partial charge in [0.2, 0.25) is 10.0 Å². The molecule has 108 valence electrons. The van der Waals surface area contributed by atoms with E-state index in [1.807, 2.05) is 11.6 Å². The summed E-state index contributed by atoms with van der Waals surface area (Å²) in [5.41, 5.74) is -0.432. The van der Waals surface area contributed by atoms with Gasteiger partial charge in [-0.3, -0.25) is 4.72 Å². The zero-order chi connectivity index (χ0) is 14.5. The molecule has 0 aromatic heterocycles. The summed E-state index contributed by atoms with van der Waals surface area (Å²) in [6.45, 7) is 4.33. The average molecular weight is 292 g/mol. The molecule has 0 fully saturated rings. The third-order valence-corrected chi connectivity index (χ3v) is 3.77. The molecule has 0 aliphatic carbocycles. The SMILES string of the molecule is CCCNCCS(=O)(=O)Nc1c(F)ccc(C)c1F. The number of benzene rings is 1. The number of anilines is 1.